The molecule has 0 saturated carbocycles. The second-order valence-corrected chi connectivity index (χ2v) is 10.0. The summed E-state index contributed by atoms with van der Waals surface area (Å²) in [6.07, 6.45) is 0. The number of benzene rings is 2. The zero-order valence-corrected chi connectivity index (χ0v) is 20.6. The summed E-state index contributed by atoms with van der Waals surface area (Å²) in [5, 5.41) is 8.19. The van der Waals surface area contributed by atoms with Gasteiger partial charge in [-0.25, -0.2) is 5.43 Å². The number of hydrogen-bond donors (Lipinski definition) is 2. The molecule has 2 aromatic carbocycles. The van der Waals surface area contributed by atoms with E-state index in [9.17, 15) is 9.59 Å². The van der Waals surface area contributed by atoms with Gasteiger partial charge in [0.1, 0.15) is 10.6 Å². The van der Waals surface area contributed by atoms with E-state index in [0.717, 1.165) is 15.6 Å². The van der Waals surface area contributed by atoms with E-state index in [4.69, 9.17) is 27.9 Å². The fourth-order valence-electron chi connectivity index (χ4n) is 2.99. The summed E-state index contributed by atoms with van der Waals surface area (Å²) in [6.45, 7) is 1.78. The zero-order valence-electron chi connectivity index (χ0n) is 17.4. The number of carbonyl (C=O) groups excluding carboxylic acids is 2. The molecule has 6 nitrogen and oxygen atoms in total. The summed E-state index contributed by atoms with van der Waals surface area (Å²) in [5.74, 6) is 0.0770. The first-order valence-electron chi connectivity index (χ1n) is 9.63. The number of hydrogen-bond acceptors (Lipinski definition) is 6. The van der Waals surface area contributed by atoms with Gasteiger partial charge < -0.3 is 10.1 Å². The first kappa shape index (κ1) is 23.3. The van der Waals surface area contributed by atoms with Crippen LogP contribution in [-0.2, 0) is 0 Å². The minimum absolute atomic E-state index is 0.227. The summed E-state index contributed by atoms with van der Waals surface area (Å²) in [6, 6.07) is 16.0. The van der Waals surface area contributed by atoms with Crippen molar-refractivity contribution < 1.29 is 14.3 Å². The van der Waals surface area contributed by atoms with E-state index in [1.807, 2.05) is 12.1 Å². The molecule has 0 aliphatic carbocycles. The Morgan fingerprint density at radius 2 is 1.73 bits per heavy atom. The SMILES string of the molecule is COc1ccc2c(Cl)c(C(=O)N/N=C(\C)c3ccc(NC(=O)c4ccc(Cl)s4)cc3)sc2c1. The molecule has 0 unspecified atom stereocenters. The first-order chi connectivity index (χ1) is 15.9. The molecule has 0 radical (unpaired) electrons. The van der Waals surface area contributed by atoms with E-state index < -0.39 is 5.91 Å². The normalized spacial score (nSPS) is 11.5. The highest BCUT2D eigenvalue weighted by atomic mass is 35.5. The average molecular weight is 518 g/mol. The van der Waals surface area contributed by atoms with Crippen molar-refractivity contribution in [2.75, 3.05) is 12.4 Å². The number of anilines is 1. The topological polar surface area (TPSA) is 79.8 Å². The predicted molar refractivity (Wildman–Crippen MR) is 137 cm³/mol. The van der Waals surface area contributed by atoms with Gasteiger partial charge in [0.25, 0.3) is 11.8 Å². The molecule has 2 N–H and O–H groups in total. The van der Waals surface area contributed by atoms with Gasteiger partial charge in [0, 0.05) is 15.8 Å². The average Bonchev–Trinajstić information content (AvgIpc) is 3.40. The molecule has 0 atom stereocenters. The molecule has 10 heteroatoms. The summed E-state index contributed by atoms with van der Waals surface area (Å²) in [5.41, 5.74) is 4.59. The molecule has 168 valence electrons. The van der Waals surface area contributed by atoms with Gasteiger partial charge in [-0.1, -0.05) is 35.3 Å². The Balaban J connectivity index is 1.43. The molecule has 0 spiro atoms. The van der Waals surface area contributed by atoms with E-state index in [1.165, 1.54) is 22.7 Å². The lowest BCUT2D eigenvalue weighted by atomic mass is 10.1. The Labute approximate surface area is 207 Å². The third kappa shape index (κ3) is 5.20. The molecule has 2 heterocycles. The number of methoxy groups -OCH3 is 1. The van der Waals surface area contributed by atoms with Crippen LogP contribution in [0.25, 0.3) is 10.1 Å². The highest BCUT2D eigenvalue weighted by Crippen LogP contribution is 2.37. The van der Waals surface area contributed by atoms with Crippen molar-refractivity contribution in [3.8, 4) is 5.75 Å². The van der Waals surface area contributed by atoms with Crippen LogP contribution in [0.4, 0.5) is 5.69 Å². The smallest absolute Gasteiger partial charge is 0.283 e. The quantitative estimate of drug-likeness (QED) is 0.221. The van der Waals surface area contributed by atoms with Gasteiger partial charge in [-0.3, -0.25) is 9.59 Å². The second-order valence-electron chi connectivity index (χ2n) is 6.88. The molecular formula is C23H17Cl2N3O3S2. The number of fused-ring (bicyclic) bond motifs is 1. The Morgan fingerprint density at radius 1 is 0.970 bits per heavy atom. The van der Waals surface area contributed by atoms with Crippen LogP contribution in [-0.4, -0.2) is 24.6 Å². The largest absolute Gasteiger partial charge is 0.497 e. The highest BCUT2D eigenvalue weighted by Gasteiger charge is 2.17. The molecule has 0 saturated heterocycles. The second kappa shape index (κ2) is 9.93. The number of amides is 2. The van der Waals surface area contributed by atoms with Crippen LogP contribution in [0, 0.1) is 0 Å². The number of hydrazone groups is 1. The van der Waals surface area contributed by atoms with Crippen LogP contribution in [0.1, 0.15) is 31.8 Å². The van der Waals surface area contributed by atoms with E-state index in [0.29, 0.717) is 36.3 Å². The molecule has 0 aliphatic heterocycles. The fraction of sp³-hybridized carbons (Fsp3) is 0.0870. The van der Waals surface area contributed by atoms with E-state index in [2.05, 4.69) is 15.8 Å². The minimum atomic E-state index is -0.391. The molecule has 0 fully saturated rings. The summed E-state index contributed by atoms with van der Waals surface area (Å²) >= 11 is 14.8. The van der Waals surface area contributed by atoms with Gasteiger partial charge in [-0.05, 0) is 55.0 Å². The molecule has 2 aromatic heterocycles. The molecule has 0 bridgehead atoms. The van der Waals surface area contributed by atoms with Gasteiger partial charge >= 0.3 is 0 Å². The summed E-state index contributed by atoms with van der Waals surface area (Å²) in [4.78, 5) is 25.8. The molecule has 33 heavy (non-hydrogen) atoms. The van der Waals surface area contributed by atoms with E-state index in [1.54, 1.807) is 56.5 Å². The van der Waals surface area contributed by atoms with Gasteiger partial charge in [0.15, 0.2) is 0 Å². The standard InChI is InChI=1S/C23H17Cl2N3O3S2/c1-12(13-3-5-14(6-4-13)26-22(29)17-9-10-19(24)32-17)27-28-23(30)21-20(25)16-8-7-15(31-2)11-18(16)33-21/h3-11H,1-2H3,(H,26,29)(H,28,30)/b27-12+. The Morgan fingerprint density at radius 3 is 2.39 bits per heavy atom. The van der Waals surface area contributed by atoms with Crippen LogP contribution < -0.4 is 15.5 Å². The van der Waals surface area contributed by atoms with Crippen molar-refractivity contribution in [3.05, 3.63) is 79.3 Å². The molecule has 4 rings (SSSR count). The lowest BCUT2D eigenvalue weighted by Crippen LogP contribution is -2.18. The number of nitrogens with one attached hydrogen (secondary N) is 2. The van der Waals surface area contributed by atoms with E-state index >= 15 is 0 Å². The number of thiophene rings is 2. The third-order valence-corrected chi connectivity index (χ3v) is 7.61. The highest BCUT2D eigenvalue weighted by molar-refractivity contribution is 7.21. The van der Waals surface area contributed by atoms with Crippen molar-refractivity contribution in [1.29, 1.82) is 0 Å². The summed E-state index contributed by atoms with van der Waals surface area (Å²) < 4.78 is 6.64. The number of halogens is 2. The molecule has 0 aliphatic rings. The maximum absolute atomic E-state index is 12.7. The van der Waals surface area contributed by atoms with Crippen LogP contribution >= 0.6 is 45.9 Å². The van der Waals surface area contributed by atoms with Gasteiger partial charge in [0.2, 0.25) is 0 Å². The van der Waals surface area contributed by atoms with Crippen molar-refractivity contribution in [1.82, 2.24) is 5.43 Å². The lowest BCUT2D eigenvalue weighted by Gasteiger charge is -2.06. The fourth-order valence-corrected chi connectivity index (χ4v) is 5.37. The molecular weight excluding hydrogens is 501 g/mol. The van der Waals surface area contributed by atoms with Crippen LogP contribution in [0.15, 0.2) is 59.7 Å². The lowest BCUT2D eigenvalue weighted by molar-refractivity contribution is 0.0958. The number of rotatable bonds is 6. The third-order valence-electron chi connectivity index (χ3n) is 4.73. The van der Waals surface area contributed by atoms with Crippen LogP contribution in [0.5, 0.6) is 5.75 Å². The van der Waals surface area contributed by atoms with E-state index in [-0.39, 0.29) is 5.91 Å². The number of nitrogens with zero attached hydrogens (tertiary/aromatic N) is 1. The predicted octanol–water partition coefficient (Wildman–Crippen LogP) is 6.68. The van der Waals surface area contributed by atoms with Gasteiger partial charge in [0.05, 0.1) is 27.1 Å². The number of ether oxygens (including phenoxy) is 1. The molecule has 4 aromatic rings. The minimum Gasteiger partial charge on any atom is -0.497 e. The van der Waals surface area contributed by atoms with Crippen molar-refractivity contribution >= 4 is 79.2 Å². The maximum Gasteiger partial charge on any atom is 0.283 e. The van der Waals surface area contributed by atoms with Gasteiger partial charge in [-0.15, -0.1) is 22.7 Å². The Hall–Kier alpha value is -2.91. The monoisotopic (exact) mass is 517 g/mol. The summed E-state index contributed by atoms with van der Waals surface area (Å²) in [7, 11) is 1.59. The van der Waals surface area contributed by atoms with Gasteiger partial charge in [-0.2, -0.15) is 5.10 Å². The number of carbonyl (C=O) groups is 2. The Bertz CT molecular complexity index is 1380. The van der Waals surface area contributed by atoms with Crippen LogP contribution in [0.3, 0.4) is 0 Å². The van der Waals surface area contributed by atoms with Crippen molar-refractivity contribution in [3.63, 3.8) is 0 Å². The van der Waals surface area contributed by atoms with Crippen molar-refractivity contribution in [2.45, 2.75) is 6.92 Å². The van der Waals surface area contributed by atoms with Crippen molar-refractivity contribution in [2.24, 2.45) is 5.10 Å². The molecule has 2 amide bonds. The van der Waals surface area contributed by atoms with Crippen LogP contribution in [0.2, 0.25) is 9.36 Å². The first-order valence-corrected chi connectivity index (χ1v) is 12.0. The maximum atomic E-state index is 12.7. The Kier molecular flexibility index (Phi) is 6.99. The zero-order chi connectivity index (χ0) is 23.5.